The van der Waals surface area contributed by atoms with Gasteiger partial charge in [-0.1, -0.05) is 23.7 Å². The van der Waals surface area contributed by atoms with Crippen LogP contribution in [0, 0.1) is 0 Å². The lowest BCUT2D eigenvalue weighted by Crippen LogP contribution is -1.94. The molecule has 0 aliphatic rings. The van der Waals surface area contributed by atoms with E-state index in [-0.39, 0.29) is 0 Å². The number of aromatic nitrogens is 3. The quantitative estimate of drug-likeness (QED) is 0.789. The van der Waals surface area contributed by atoms with Crippen molar-refractivity contribution in [2.45, 2.75) is 10.1 Å². The number of halogens is 1. The number of nitrogens with zero attached hydrogens (tertiary/aromatic N) is 3. The third-order valence-corrected chi connectivity index (χ3v) is 3.63. The maximum Gasteiger partial charge on any atom is 0.190 e. The molecule has 0 bridgehead atoms. The number of carbonyl (C=O) groups is 1. The maximum atomic E-state index is 10.9. The van der Waals surface area contributed by atoms with Crippen molar-refractivity contribution in [3.8, 4) is 0 Å². The summed E-state index contributed by atoms with van der Waals surface area (Å²) < 4.78 is 1.63. The zero-order valence-corrected chi connectivity index (χ0v) is 10.00. The average Bonchev–Trinajstić information content (AvgIpc) is 2.67. The minimum atomic E-state index is 0.539. The van der Waals surface area contributed by atoms with Gasteiger partial charge in [0.25, 0.3) is 0 Å². The third-order valence-electron chi connectivity index (χ3n) is 1.99. The van der Waals surface area contributed by atoms with Crippen LogP contribution < -0.4 is 0 Å². The molecule has 0 atom stereocenters. The first-order chi connectivity index (χ1) is 7.72. The Kier molecular flexibility index (Phi) is 3.26. The molecule has 0 radical (unpaired) electrons. The summed E-state index contributed by atoms with van der Waals surface area (Å²) in [6.07, 6.45) is 2.24. The topological polar surface area (TPSA) is 47.8 Å². The Bertz CT molecular complexity index is 527. The second-order valence-electron chi connectivity index (χ2n) is 3.04. The van der Waals surface area contributed by atoms with Gasteiger partial charge >= 0.3 is 0 Å². The van der Waals surface area contributed by atoms with E-state index < -0.39 is 0 Å². The Balaban J connectivity index is 2.41. The van der Waals surface area contributed by atoms with Crippen LogP contribution in [0.5, 0.6) is 0 Å². The molecule has 1 aromatic heterocycles. The molecule has 0 unspecified atom stereocenters. The van der Waals surface area contributed by atoms with Crippen LogP contribution >= 0.6 is 23.4 Å². The van der Waals surface area contributed by atoms with Gasteiger partial charge in [-0.2, -0.15) is 5.10 Å². The number of benzene rings is 1. The molecule has 0 aliphatic carbocycles. The fourth-order valence-electron chi connectivity index (χ4n) is 1.20. The molecule has 2 rings (SSSR count). The first kappa shape index (κ1) is 11.2. The van der Waals surface area contributed by atoms with Crippen LogP contribution in [0.25, 0.3) is 0 Å². The summed E-state index contributed by atoms with van der Waals surface area (Å²) in [5.74, 6) is 0. The zero-order valence-electron chi connectivity index (χ0n) is 8.42. The van der Waals surface area contributed by atoms with Crippen molar-refractivity contribution < 1.29 is 4.79 Å². The van der Waals surface area contributed by atoms with E-state index in [1.807, 2.05) is 0 Å². The van der Waals surface area contributed by atoms with E-state index in [9.17, 15) is 4.79 Å². The molecule has 2 aromatic rings. The second kappa shape index (κ2) is 4.67. The molecule has 16 heavy (non-hydrogen) atoms. The van der Waals surface area contributed by atoms with Crippen LogP contribution in [0.15, 0.2) is 34.6 Å². The Hall–Kier alpha value is -1.33. The van der Waals surface area contributed by atoms with Crippen molar-refractivity contribution >= 4 is 29.6 Å². The number of hydrogen-bond acceptors (Lipinski definition) is 4. The van der Waals surface area contributed by atoms with Gasteiger partial charge in [0.2, 0.25) is 0 Å². The van der Waals surface area contributed by atoms with Gasteiger partial charge < -0.3 is 0 Å². The first-order valence-corrected chi connectivity index (χ1v) is 5.67. The number of aryl methyl sites for hydroxylation is 1. The summed E-state index contributed by atoms with van der Waals surface area (Å²) in [6.45, 7) is 0. The van der Waals surface area contributed by atoms with E-state index in [0.717, 1.165) is 6.29 Å². The monoisotopic (exact) mass is 253 g/mol. The molecule has 6 heteroatoms. The molecule has 0 saturated heterocycles. The predicted octanol–water partition coefficient (Wildman–Crippen LogP) is 2.43. The van der Waals surface area contributed by atoms with Gasteiger partial charge in [-0.25, -0.2) is 9.67 Å². The highest BCUT2D eigenvalue weighted by Crippen LogP contribution is 2.33. The van der Waals surface area contributed by atoms with E-state index in [1.165, 1.54) is 18.1 Å². The minimum Gasteiger partial charge on any atom is -0.298 e. The summed E-state index contributed by atoms with van der Waals surface area (Å²) >= 11 is 7.37. The molecule has 0 saturated carbocycles. The molecule has 0 aliphatic heterocycles. The lowest BCUT2D eigenvalue weighted by molar-refractivity contribution is 0.112. The smallest absolute Gasteiger partial charge is 0.190 e. The molecular weight excluding hydrogens is 246 g/mol. The highest BCUT2D eigenvalue weighted by Gasteiger charge is 2.11. The van der Waals surface area contributed by atoms with Crippen LogP contribution in [-0.4, -0.2) is 21.1 Å². The first-order valence-electron chi connectivity index (χ1n) is 4.48. The average molecular weight is 254 g/mol. The van der Waals surface area contributed by atoms with E-state index in [0.29, 0.717) is 20.6 Å². The van der Waals surface area contributed by atoms with Crippen LogP contribution in [0.2, 0.25) is 5.02 Å². The highest BCUT2D eigenvalue weighted by molar-refractivity contribution is 7.99. The van der Waals surface area contributed by atoms with E-state index in [4.69, 9.17) is 11.6 Å². The van der Waals surface area contributed by atoms with Crippen LogP contribution in [0.3, 0.4) is 0 Å². The highest BCUT2D eigenvalue weighted by atomic mass is 35.5. The summed E-state index contributed by atoms with van der Waals surface area (Å²) in [5, 5.41) is 5.18. The summed E-state index contributed by atoms with van der Waals surface area (Å²) in [5.41, 5.74) is 0.556. The van der Waals surface area contributed by atoms with Gasteiger partial charge in [0, 0.05) is 17.5 Å². The molecule has 82 valence electrons. The Morgan fingerprint density at radius 2 is 2.31 bits per heavy atom. The number of aldehydes is 1. The van der Waals surface area contributed by atoms with Crippen molar-refractivity contribution in [1.82, 2.24) is 14.8 Å². The van der Waals surface area contributed by atoms with Crippen molar-refractivity contribution in [2.24, 2.45) is 7.05 Å². The fourth-order valence-corrected chi connectivity index (χ4v) is 2.35. The van der Waals surface area contributed by atoms with Gasteiger partial charge in [-0.3, -0.25) is 4.79 Å². The molecule has 4 nitrogen and oxygen atoms in total. The predicted molar refractivity (Wildman–Crippen MR) is 62.0 cm³/mol. The zero-order chi connectivity index (χ0) is 11.5. The molecule has 0 N–H and O–H groups in total. The van der Waals surface area contributed by atoms with E-state index in [1.54, 1.807) is 29.9 Å². The molecule has 0 spiro atoms. The van der Waals surface area contributed by atoms with Crippen LogP contribution in [-0.2, 0) is 7.05 Å². The normalized spacial score (nSPS) is 10.4. The number of hydrogen-bond donors (Lipinski definition) is 0. The molecule has 0 amide bonds. The van der Waals surface area contributed by atoms with Gasteiger partial charge in [-0.05, 0) is 17.8 Å². The lowest BCUT2D eigenvalue weighted by atomic mass is 10.2. The lowest BCUT2D eigenvalue weighted by Gasteiger charge is -2.05. The maximum absolute atomic E-state index is 10.9. The number of rotatable bonds is 3. The molecule has 1 aromatic carbocycles. The Morgan fingerprint density at radius 3 is 2.94 bits per heavy atom. The summed E-state index contributed by atoms with van der Waals surface area (Å²) in [7, 11) is 1.78. The Labute approximate surface area is 102 Å². The third kappa shape index (κ3) is 2.10. The minimum absolute atomic E-state index is 0.539. The second-order valence-corrected chi connectivity index (χ2v) is 4.43. The number of carbonyl (C=O) groups excluding carboxylic acids is 1. The van der Waals surface area contributed by atoms with Crippen LogP contribution in [0.1, 0.15) is 10.4 Å². The Morgan fingerprint density at radius 1 is 1.50 bits per heavy atom. The summed E-state index contributed by atoms with van der Waals surface area (Å²) in [6, 6.07) is 5.21. The summed E-state index contributed by atoms with van der Waals surface area (Å²) in [4.78, 5) is 15.6. The van der Waals surface area contributed by atoms with Gasteiger partial charge in [0.1, 0.15) is 6.33 Å². The van der Waals surface area contributed by atoms with Gasteiger partial charge in [-0.15, -0.1) is 0 Å². The SMILES string of the molecule is Cn1ncnc1Sc1c(Cl)cccc1C=O. The van der Waals surface area contributed by atoms with Gasteiger partial charge in [0.05, 0.1) is 5.02 Å². The van der Waals surface area contributed by atoms with Crippen molar-refractivity contribution in [2.75, 3.05) is 0 Å². The largest absolute Gasteiger partial charge is 0.298 e. The van der Waals surface area contributed by atoms with Crippen LogP contribution in [0.4, 0.5) is 0 Å². The van der Waals surface area contributed by atoms with E-state index in [2.05, 4.69) is 10.1 Å². The van der Waals surface area contributed by atoms with Crippen molar-refractivity contribution in [1.29, 1.82) is 0 Å². The van der Waals surface area contributed by atoms with Crippen molar-refractivity contribution in [3.63, 3.8) is 0 Å². The fraction of sp³-hybridized carbons (Fsp3) is 0.100. The standard InChI is InChI=1S/C10H8ClN3OS/c1-14-10(12-6-13-14)16-9-7(5-15)3-2-4-8(9)11/h2-6H,1H3. The van der Waals surface area contributed by atoms with Gasteiger partial charge in [0.15, 0.2) is 11.4 Å². The molecule has 1 heterocycles. The van der Waals surface area contributed by atoms with E-state index >= 15 is 0 Å². The van der Waals surface area contributed by atoms with Crippen molar-refractivity contribution in [3.05, 3.63) is 35.1 Å². The molecular formula is C10H8ClN3OS. The molecule has 0 fully saturated rings.